The van der Waals surface area contributed by atoms with E-state index >= 15 is 0 Å². The number of hydrogen-bond donors (Lipinski definition) is 4. The van der Waals surface area contributed by atoms with E-state index in [1.165, 1.54) is 12.8 Å². The molecule has 0 radical (unpaired) electrons. The topological polar surface area (TPSA) is 215 Å². The molecular formula is C56H66N16O2. The molecule has 8 heterocycles. The Morgan fingerprint density at radius 2 is 1.23 bits per heavy atom. The van der Waals surface area contributed by atoms with E-state index in [1.54, 1.807) is 24.5 Å². The maximum Gasteiger partial charge on any atom is 0.206 e. The lowest BCUT2D eigenvalue weighted by molar-refractivity contribution is 0.205. The number of phenols is 2. The number of piperidine rings is 1. The van der Waals surface area contributed by atoms with Crippen LogP contribution in [-0.2, 0) is 0 Å². The highest BCUT2D eigenvalue weighted by atomic mass is 16.3. The molecule has 18 heteroatoms. The molecule has 18 nitrogen and oxygen atoms in total. The third-order valence-electron chi connectivity index (χ3n) is 15.4. The summed E-state index contributed by atoms with van der Waals surface area (Å²) in [6.07, 6.45) is 9.42. The van der Waals surface area contributed by atoms with Crippen molar-refractivity contribution in [2.75, 3.05) is 97.0 Å². The van der Waals surface area contributed by atoms with Crippen LogP contribution in [0.2, 0.25) is 0 Å². The molecule has 4 aliphatic rings. The van der Waals surface area contributed by atoms with E-state index in [4.69, 9.17) is 21.4 Å². The molecule has 5 atom stereocenters. The van der Waals surface area contributed by atoms with Gasteiger partial charge in [0.05, 0.1) is 35.3 Å². The number of nitrogen functional groups attached to an aromatic ring is 2. The average molecular weight is 995 g/mol. The van der Waals surface area contributed by atoms with E-state index in [-0.39, 0.29) is 35.5 Å². The zero-order chi connectivity index (χ0) is 51.3. The number of likely N-dealkylation sites (N-methyl/N-ethyl adjacent to an activating group) is 1. The van der Waals surface area contributed by atoms with Crippen LogP contribution in [0.3, 0.4) is 0 Å². The molecule has 10 rings (SSSR count). The summed E-state index contributed by atoms with van der Waals surface area (Å²) >= 11 is 0. The van der Waals surface area contributed by atoms with Gasteiger partial charge in [-0.15, -0.1) is 20.4 Å². The number of benzene rings is 2. The lowest BCUT2D eigenvalue weighted by atomic mass is 9.86. The van der Waals surface area contributed by atoms with Crippen molar-refractivity contribution in [3.63, 3.8) is 0 Å². The Kier molecular flexibility index (Phi) is 14.9. The Labute approximate surface area is 433 Å². The van der Waals surface area contributed by atoms with Crippen molar-refractivity contribution in [2.24, 2.45) is 0 Å². The number of rotatable bonds is 8. The van der Waals surface area contributed by atoms with Crippen molar-refractivity contribution in [3.8, 4) is 57.7 Å². The minimum atomic E-state index is -0.00637. The molecule has 74 heavy (non-hydrogen) atoms. The van der Waals surface area contributed by atoms with Crippen LogP contribution >= 0.6 is 0 Å². The fourth-order valence-electron chi connectivity index (χ4n) is 10.9. The third kappa shape index (κ3) is 10.9. The highest BCUT2D eigenvalue weighted by Crippen LogP contribution is 2.41. The maximum atomic E-state index is 11.9. The molecule has 0 amide bonds. The molecular weight excluding hydrogens is 929 g/mol. The molecule has 6 N–H and O–H groups in total. The smallest absolute Gasteiger partial charge is 0.206 e. The predicted molar refractivity (Wildman–Crippen MR) is 291 cm³/mol. The first-order valence-corrected chi connectivity index (χ1v) is 26.0. The van der Waals surface area contributed by atoms with Gasteiger partial charge < -0.3 is 41.3 Å². The summed E-state index contributed by atoms with van der Waals surface area (Å²) in [5, 5.41) is 39.9. The van der Waals surface area contributed by atoms with E-state index in [2.05, 4.69) is 111 Å². The van der Waals surface area contributed by atoms with Gasteiger partial charge in [0, 0.05) is 93.4 Å². The molecule has 382 valence electrons. The Balaban J connectivity index is 0.771. The predicted octanol–water partition coefficient (Wildman–Crippen LogP) is 6.03. The average Bonchev–Trinajstić information content (AvgIpc) is 3.58. The summed E-state index contributed by atoms with van der Waals surface area (Å²) in [7, 11) is 2.08. The summed E-state index contributed by atoms with van der Waals surface area (Å²) in [5.74, 6) is 17.1. The number of hydrogen-bond acceptors (Lipinski definition) is 18. The quantitative estimate of drug-likeness (QED) is 0.128. The normalized spacial score (nSPS) is 21.8. The first-order chi connectivity index (χ1) is 36.0. The van der Waals surface area contributed by atoms with Gasteiger partial charge in [0.1, 0.15) is 23.1 Å². The molecule has 4 aromatic heterocycles. The van der Waals surface area contributed by atoms with Crippen LogP contribution < -0.4 is 31.1 Å². The number of likely N-dealkylation sites (tertiary alicyclic amines) is 2. The van der Waals surface area contributed by atoms with Crippen LogP contribution in [0, 0.1) is 23.7 Å². The molecule has 4 fully saturated rings. The SMILES string of the molecule is CC1CCCN1CC#Cc1nccc(N2CCN(c3cc(-c4cccc(C5CC[C@@H](C#Cc6nccc(N7CCN(c8cc(-c9ccccc9O)nnc8N)CC[C@H]7C)n6)N(C)C5)c4O)nnc3N)CCC2C)n1. The van der Waals surface area contributed by atoms with E-state index in [1.807, 2.05) is 54.6 Å². The van der Waals surface area contributed by atoms with Crippen molar-refractivity contribution in [1.82, 2.24) is 50.1 Å². The minimum absolute atomic E-state index is 0.00637. The van der Waals surface area contributed by atoms with Gasteiger partial charge in [-0.25, -0.2) is 19.9 Å². The Bertz CT molecular complexity index is 3100. The zero-order valence-electron chi connectivity index (χ0n) is 42.8. The Morgan fingerprint density at radius 1 is 0.622 bits per heavy atom. The Hall–Kier alpha value is -7.80. The highest BCUT2D eigenvalue weighted by Gasteiger charge is 2.30. The summed E-state index contributed by atoms with van der Waals surface area (Å²) in [4.78, 5) is 32.6. The maximum absolute atomic E-state index is 11.9. The van der Waals surface area contributed by atoms with Crippen molar-refractivity contribution in [1.29, 1.82) is 0 Å². The van der Waals surface area contributed by atoms with Crippen LogP contribution in [0.25, 0.3) is 22.5 Å². The van der Waals surface area contributed by atoms with Gasteiger partial charge in [0.15, 0.2) is 11.6 Å². The molecule has 4 aliphatic heterocycles. The van der Waals surface area contributed by atoms with Crippen molar-refractivity contribution >= 4 is 34.6 Å². The fourth-order valence-corrected chi connectivity index (χ4v) is 10.9. The molecule has 6 aromatic rings. The molecule has 4 saturated heterocycles. The molecule has 0 bridgehead atoms. The number of anilines is 6. The van der Waals surface area contributed by atoms with Gasteiger partial charge in [-0.2, -0.15) is 0 Å². The van der Waals surface area contributed by atoms with E-state index in [0.29, 0.717) is 78.0 Å². The summed E-state index contributed by atoms with van der Waals surface area (Å²) in [5.41, 5.74) is 17.8. The van der Waals surface area contributed by atoms with Gasteiger partial charge in [0.2, 0.25) is 11.6 Å². The van der Waals surface area contributed by atoms with Gasteiger partial charge >= 0.3 is 0 Å². The van der Waals surface area contributed by atoms with Gasteiger partial charge in [0.25, 0.3) is 0 Å². The Morgan fingerprint density at radius 3 is 1.84 bits per heavy atom. The molecule has 3 unspecified atom stereocenters. The zero-order valence-corrected chi connectivity index (χ0v) is 42.8. The standard InChI is InChI=1S/C56H66N16O2/c1-37-10-8-26-68(37)27-9-15-50-59-24-20-52(61-50)71-32-31-70(29-23-38(71)2)48-35-46(64-66-56(48)58)44-13-7-12-42(54(44)74)40-16-17-41(67(4)36-40)18-19-51-60-25-21-53(62-51)72-33-30-69(28-22-39(72)3)47-34-45(63-65-55(47)57)43-11-5-6-14-49(43)73/h5-7,11-14,20-21,24-25,34-35,37-41,73-74H,8,10,16-17,22-23,26-33,36H2,1-4H3,(H2,57,65)(H2,58,66)/t37?,38?,39-,40?,41+/m1/s1. The van der Waals surface area contributed by atoms with Gasteiger partial charge in [-0.1, -0.05) is 36.1 Å². The second-order valence-corrected chi connectivity index (χ2v) is 20.1. The van der Waals surface area contributed by atoms with Crippen LogP contribution in [0.1, 0.15) is 82.4 Å². The molecule has 0 saturated carbocycles. The van der Waals surface area contributed by atoms with Crippen molar-refractivity contribution in [2.45, 2.75) is 89.4 Å². The van der Waals surface area contributed by atoms with Crippen LogP contribution in [0.5, 0.6) is 11.5 Å². The van der Waals surface area contributed by atoms with Crippen molar-refractivity contribution in [3.05, 3.63) is 96.3 Å². The summed E-state index contributed by atoms with van der Waals surface area (Å²) < 4.78 is 0. The van der Waals surface area contributed by atoms with E-state index in [9.17, 15) is 10.2 Å². The van der Waals surface area contributed by atoms with Gasteiger partial charge in [-0.3, -0.25) is 9.80 Å². The second-order valence-electron chi connectivity index (χ2n) is 20.1. The summed E-state index contributed by atoms with van der Waals surface area (Å²) in [6, 6.07) is 21.7. The van der Waals surface area contributed by atoms with E-state index in [0.717, 1.165) is 87.0 Å². The van der Waals surface area contributed by atoms with E-state index < -0.39 is 0 Å². The minimum Gasteiger partial charge on any atom is -0.507 e. The van der Waals surface area contributed by atoms with Crippen molar-refractivity contribution < 1.29 is 10.2 Å². The first-order valence-electron chi connectivity index (χ1n) is 26.0. The second kappa shape index (κ2) is 22.1. The largest absolute Gasteiger partial charge is 0.507 e. The number of aromatic hydroxyl groups is 2. The van der Waals surface area contributed by atoms with Crippen LogP contribution in [0.4, 0.5) is 34.6 Å². The molecule has 2 aromatic carbocycles. The first kappa shape index (κ1) is 49.8. The van der Waals surface area contributed by atoms with Crippen LogP contribution in [-0.4, -0.2) is 150 Å². The molecule has 0 aliphatic carbocycles. The fraction of sp³-hybridized carbons (Fsp3) is 0.429. The lowest BCUT2D eigenvalue weighted by Gasteiger charge is -2.35. The third-order valence-corrected chi connectivity index (χ3v) is 15.4. The number of nitrogens with two attached hydrogens (primary N) is 2. The van der Waals surface area contributed by atoms with Crippen LogP contribution in [0.15, 0.2) is 79.1 Å². The number of nitrogens with zero attached hydrogens (tertiary/aromatic N) is 14. The number of aromatic nitrogens is 8. The number of phenolic OH excluding ortho intramolecular Hbond substituents is 2. The summed E-state index contributed by atoms with van der Waals surface area (Å²) in [6.45, 7) is 13.6. The molecule has 0 spiro atoms. The number of para-hydroxylation sites is 2. The van der Waals surface area contributed by atoms with Gasteiger partial charge in [-0.05, 0) is 133 Å². The monoisotopic (exact) mass is 995 g/mol. The lowest BCUT2D eigenvalue weighted by Crippen LogP contribution is -2.39. The highest BCUT2D eigenvalue weighted by molar-refractivity contribution is 5.76.